The lowest BCUT2D eigenvalue weighted by atomic mass is 10.1. The number of alkyl halides is 2. The van der Waals surface area contributed by atoms with Crippen LogP contribution in [0.5, 0.6) is 5.75 Å². The lowest BCUT2D eigenvalue weighted by Gasteiger charge is -2.27. The van der Waals surface area contributed by atoms with Crippen molar-refractivity contribution in [3.05, 3.63) is 29.8 Å². The monoisotopic (exact) mass is 284 g/mol. The molecule has 1 unspecified atom stereocenters. The van der Waals surface area contributed by atoms with E-state index in [2.05, 4.69) is 10.1 Å². The van der Waals surface area contributed by atoms with Crippen LogP contribution >= 0.6 is 0 Å². The number of hydrogen-bond donors (Lipinski definition) is 1. The minimum Gasteiger partial charge on any atom is -0.434 e. The summed E-state index contributed by atoms with van der Waals surface area (Å²) in [6, 6.07) is 6.55. The highest BCUT2D eigenvalue weighted by Crippen LogP contribution is 2.31. The molecule has 0 aromatic heterocycles. The smallest absolute Gasteiger partial charge is 0.387 e. The van der Waals surface area contributed by atoms with Gasteiger partial charge in [-0.2, -0.15) is 8.78 Å². The second kappa shape index (κ2) is 6.17. The Morgan fingerprint density at radius 2 is 2.10 bits per heavy atom. The maximum atomic E-state index is 12.4. The number of benzene rings is 1. The molecule has 110 valence electrons. The van der Waals surface area contributed by atoms with Gasteiger partial charge in [-0.15, -0.1) is 0 Å². The molecule has 0 bridgehead atoms. The number of rotatable bonds is 5. The molecule has 2 rings (SSSR count). The van der Waals surface area contributed by atoms with Gasteiger partial charge in [0.15, 0.2) is 0 Å². The number of hydrogen-bond acceptors (Lipinski definition) is 3. The van der Waals surface area contributed by atoms with E-state index >= 15 is 0 Å². The SMILES string of the molecule is CC(C)CN1C(=O)CNC1c1ccccc1OC(F)F. The summed E-state index contributed by atoms with van der Waals surface area (Å²) in [6.07, 6.45) is -0.417. The summed E-state index contributed by atoms with van der Waals surface area (Å²) >= 11 is 0. The highest BCUT2D eigenvalue weighted by atomic mass is 19.3. The van der Waals surface area contributed by atoms with E-state index in [0.29, 0.717) is 18.0 Å². The Kier molecular flexibility index (Phi) is 4.54. The Bertz CT molecular complexity index is 480. The normalized spacial score (nSPS) is 19.2. The first-order valence-corrected chi connectivity index (χ1v) is 6.55. The summed E-state index contributed by atoms with van der Waals surface area (Å²) in [5, 5.41) is 3.04. The van der Waals surface area contributed by atoms with Crippen LogP contribution < -0.4 is 10.1 Å². The van der Waals surface area contributed by atoms with Crippen molar-refractivity contribution in [2.24, 2.45) is 5.92 Å². The van der Waals surface area contributed by atoms with Crippen LogP contribution in [0.15, 0.2) is 24.3 Å². The van der Waals surface area contributed by atoms with Crippen LogP contribution in [0, 0.1) is 5.92 Å². The summed E-state index contributed by atoms with van der Waals surface area (Å²) in [5.41, 5.74) is 0.555. The largest absolute Gasteiger partial charge is 0.434 e. The van der Waals surface area contributed by atoms with Gasteiger partial charge in [0.2, 0.25) is 5.91 Å². The molecule has 0 aliphatic carbocycles. The molecule has 0 saturated carbocycles. The van der Waals surface area contributed by atoms with Crippen molar-refractivity contribution in [3.8, 4) is 5.75 Å². The van der Waals surface area contributed by atoms with Crippen LogP contribution in [0.2, 0.25) is 0 Å². The van der Waals surface area contributed by atoms with Gasteiger partial charge in [0, 0.05) is 12.1 Å². The number of amides is 1. The maximum absolute atomic E-state index is 12.4. The van der Waals surface area contributed by atoms with E-state index in [1.165, 1.54) is 6.07 Å². The predicted octanol–water partition coefficient (Wildman–Crippen LogP) is 2.37. The lowest BCUT2D eigenvalue weighted by Crippen LogP contribution is -2.33. The molecule has 0 radical (unpaired) electrons. The van der Waals surface area contributed by atoms with Crippen molar-refractivity contribution in [3.63, 3.8) is 0 Å². The van der Waals surface area contributed by atoms with Crippen LogP contribution in [0.1, 0.15) is 25.6 Å². The van der Waals surface area contributed by atoms with Gasteiger partial charge >= 0.3 is 6.61 Å². The molecule has 1 aromatic rings. The van der Waals surface area contributed by atoms with Gasteiger partial charge in [-0.3, -0.25) is 10.1 Å². The molecule has 20 heavy (non-hydrogen) atoms. The van der Waals surface area contributed by atoms with Crippen molar-refractivity contribution in [2.45, 2.75) is 26.6 Å². The highest BCUT2D eigenvalue weighted by Gasteiger charge is 2.33. The number of nitrogens with zero attached hydrogens (tertiary/aromatic N) is 1. The van der Waals surface area contributed by atoms with Crippen molar-refractivity contribution in [1.82, 2.24) is 10.2 Å². The number of carbonyl (C=O) groups excluding carboxylic acids is 1. The third-order valence-electron chi connectivity index (χ3n) is 3.07. The van der Waals surface area contributed by atoms with Crippen molar-refractivity contribution >= 4 is 5.91 Å². The molecular formula is C14H18F2N2O2. The van der Waals surface area contributed by atoms with Crippen molar-refractivity contribution in [1.29, 1.82) is 0 Å². The Hall–Kier alpha value is -1.69. The number of carbonyl (C=O) groups is 1. The number of para-hydroxylation sites is 1. The standard InChI is InChI=1S/C14H18F2N2O2/c1-9(2)8-18-12(19)7-17-13(18)10-5-3-4-6-11(10)20-14(15)16/h3-6,9,13-14,17H,7-8H2,1-2H3. The first kappa shape index (κ1) is 14.7. The van der Waals surface area contributed by atoms with E-state index in [0.717, 1.165) is 0 Å². The summed E-state index contributed by atoms with van der Waals surface area (Å²) < 4.78 is 29.4. The van der Waals surface area contributed by atoms with Gasteiger partial charge in [0.25, 0.3) is 0 Å². The molecule has 4 nitrogen and oxygen atoms in total. The second-order valence-corrected chi connectivity index (χ2v) is 5.14. The Morgan fingerprint density at radius 1 is 1.40 bits per heavy atom. The van der Waals surface area contributed by atoms with Crippen LogP contribution in [0.3, 0.4) is 0 Å². The van der Waals surface area contributed by atoms with E-state index in [1.807, 2.05) is 13.8 Å². The fraction of sp³-hybridized carbons (Fsp3) is 0.500. The molecule has 1 atom stereocenters. The Balaban J connectivity index is 2.27. The average molecular weight is 284 g/mol. The molecule has 1 aromatic carbocycles. The first-order chi connectivity index (χ1) is 9.49. The molecule has 1 aliphatic heterocycles. The summed E-state index contributed by atoms with van der Waals surface area (Å²) in [5.74, 6) is 0.364. The number of nitrogens with one attached hydrogen (secondary N) is 1. The number of ether oxygens (including phenoxy) is 1. The molecule has 1 amide bonds. The Labute approximate surface area is 116 Å². The number of halogens is 2. The molecule has 0 spiro atoms. The summed E-state index contributed by atoms with van der Waals surface area (Å²) in [7, 11) is 0. The molecule has 6 heteroatoms. The molecule has 1 heterocycles. The van der Waals surface area contributed by atoms with Crippen LogP contribution in [0.25, 0.3) is 0 Å². The van der Waals surface area contributed by atoms with Gasteiger partial charge in [0.05, 0.1) is 6.54 Å². The van der Waals surface area contributed by atoms with Gasteiger partial charge in [-0.25, -0.2) is 0 Å². The molecule has 1 fully saturated rings. The molecule has 1 N–H and O–H groups in total. The zero-order valence-corrected chi connectivity index (χ0v) is 11.5. The van der Waals surface area contributed by atoms with Crippen molar-refractivity contribution < 1.29 is 18.3 Å². The predicted molar refractivity (Wildman–Crippen MR) is 70.4 cm³/mol. The molecule has 1 aliphatic rings. The highest BCUT2D eigenvalue weighted by molar-refractivity contribution is 5.81. The van der Waals surface area contributed by atoms with Crippen LogP contribution in [-0.4, -0.2) is 30.5 Å². The van der Waals surface area contributed by atoms with Crippen molar-refractivity contribution in [2.75, 3.05) is 13.1 Å². The van der Waals surface area contributed by atoms with E-state index in [1.54, 1.807) is 23.1 Å². The van der Waals surface area contributed by atoms with Gasteiger partial charge in [-0.1, -0.05) is 32.0 Å². The summed E-state index contributed by atoms with van der Waals surface area (Å²) in [4.78, 5) is 13.6. The minimum atomic E-state index is -2.88. The van der Waals surface area contributed by atoms with Gasteiger partial charge in [0.1, 0.15) is 11.9 Å². The van der Waals surface area contributed by atoms with E-state index in [-0.39, 0.29) is 18.2 Å². The fourth-order valence-electron chi connectivity index (χ4n) is 2.33. The van der Waals surface area contributed by atoms with E-state index in [9.17, 15) is 13.6 Å². The lowest BCUT2D eigenvalue weighted by molar-refractivity contribution is -0.128. The zero-order chi connectivity index (χ0) is 14.7. The topological polar surface area (TPSA) is 41.6 Å². The quantitative estimate of drug-likeness (QED) is 0.902. The Morgan fingerprint density at radius 3 is 2.75 bits per heavy atom. The average Bonchev–Trinajstić information content (AvgIpc) is 2.71. The van der Waals surface area contributed by atoms with Crippen LogP contribution in [-0.2, 0) is 4.79 Å². The van der Waals surface area contributed by atoms with E-state index in [4.69, 9.17) is 0 Å². The van der Waals surface area contributed by atoms with Gasteiger partial charge in [-0.05, 0) is 12.0 Å². The minimum absolute atomic E-state index is 0.0319. The van der Waals surface area contributed by atoms with Gasteiger partial charge < -0.3 is 9.64 Å². The third kappa shape index (κ3) is 3.25. The maximum Gasteiger partial charge on any atom is 0.387 e. The third-order valence-corrected chi connectivity index (χ3v) is 3.07. The fourth-order valence-corrected chi connectivity index (χ4v) is 2.33. The molecular weight excluding hydrogens is 266 g/mol. The van der Waals surface area contributed by atoms with E-state index < -0.39 is 12.8 Å². The first-order valence-electron chi connectivity index (χ1n) is 6.55. The molecule has 1 saturated heterocycles. The second-order valence-electron chi connectivity index (χ2n) is 5.14. The zero-order valence-electron chi connectivity index (χ0n) is 11.5. The van der Waals surface area contributed by atoms with Crippen LogP contribution in [0.4, 0.5) is 8.78 Å². The summed E-state index contributed by atoms with van der Waals surface area (Å²) in [6.45, 7) is 1.90.